The van der Waals surface area contributed by atoms with Crippen LogP contribution in [0, 0.1) is 11.3 Å². The summed E-state index contributed by atoms with van der Waals surface area (Å²) in [4.78, 5) is 37.0. The number of carbonyl (C=O) groups is 3. The summed E-state index contributed by atoms with van der Waals surface area (Å²) in [5, 5.41) is 14.8. The van der Waals surface area contributed by atoms with Crippen LogP contribution in [0.1, 0.15) is 56.6 Å². The average Bonchev–Trinajstić information content (AvgIpc) is 3.61. The van der Waals surface area contributed by atoms with E-state index in [1.165, 1.54) is 0 Å². The zero-order valence-electron chi connectivity index (χ0n) is 19.7. The number of benzene rings is 2. The number of amides is 2. The van der Waals surface area contributed by atoms with Crippen molar-refractivity contribution >= 4 is 18.0 Å². The summed E-state index contributed by atoms with van der Waals surface area (Å²) in [6.07, 6.45) is 2.31. The lowest BCUT2D eigenvalue weighted by molar-refractivity contribution is -0.144. The number of carboxylic acids is 1. The zero-order valence-corrected chi connectivity index (χ0v) is 19.7. The van der Waals surface area contributed by atoms with Crippen LogP contribution in [-0.2, 0) is 14.3 Å². The summed E-state index contributed by atoms with van der Waals surface area (Å²) in [7, 11) is 0. The minimum absolute atomic E-state index is 0.0437. The first-order chi connectivity index (χ1) is 16.3. The van der Waals surface area contributed by atoms with Gasteiger partial charge in [-0.25, -0.2) is 9.59 Å². The van der Waals surface area contributed by atoms with Gasteiger partial charge in [0.15, 0.2) is 0 Å². The minimum atomic E-state index is -1.02. The largest absolute Gasteiger partial charge is 0.480 e. The Morgan fingerprint density at radius 1 is 1.06 bits per heavy atom. The van der Waals surface area contributed by atoms with E-state index in [1.807, 2.05) is 31.2 Å². The van der Waals surface area contributed by atoms with Crippen LogP contribution in [0.4, 0.5) is 4.79 Å². The van der Waals surface area contributed by atoms with Crippen molar-refractivity contribution < 1.29 is 24.2 Å². The highest BCUT2D eigenvalue weighted by molar-refractivity contribution is 5.87. The van der Waals surface area contributed by atoms with Crippen LogP contribution in [0.3, 0.4) is 0 Å². The Morgan fingerprint density at radius 2 is 1.65 bits per heavy atom. The number of nitrogens with one attached hydrogen (secondary N) is 2. The topological polar surface area (TPSA) is 105 Å². The molecule has 0 radical (unpaired) electrons. The zero-order chi connectivity index (χ0) is 24.3. The maximum atomic E-state index is 12.9. The molecular formula is C27H32N2O5. The molecule has 2 aliphatic rings. The van der Waals surface area contributed by atoms with Gasteiger partial charge in [0.1, 0.15) is 12.6 Å². The van der Waals surface area contributed by atoms with Crippen molar-refractivity contribution in [2.75, 3.05) is 13.2 Å². The van der Waals surface area contributed by atoms with Crippen LogP contribution in [0.25, 0.3) is 11.1 Å². The third-order valence-corrected chi connectivity index (χ3v) is 7.16. The summed E-state index contributed by atoms with van der Waals surface area (Å²) in [6, 6.07) is 15.3. The van der Waals surface area contributed by atoms with Gasteiger partial charge >= 0.3 is 12.1 Å². The van der Waals surface area contributed by atoms with Gasteiger partial charge in [0, 0.05) is 12.5 Å². The molecule has 1 fully saturated rings. The second kappa shape index (κ2) is 9.87. The van der Waals surface area contributed by atoms with E-state index < -0.39 is 23.5 Å². The normalized spacial score (nSPS) is 17.1. The number of hydrogen-bond donors (Lipinski definition) is 3. The first kappa shape index (κ1) is 23.8. The molecule has 0 aliphatic heterocycles. The molecule has 0 bridgehead atoms. The van der Waals surface area contributed by atoms with E-state index in [9.17, 15) is 19.5 Å². The van der Waals surface area contributed by atoms with Gasteiger partial charge in [-0.1, -0.05) is 68.3 Å². The molecule has 0 saturated heterocycles. The predicted octanol–water partition coefficient (Wildman–Crippen LogP) is 4.31. The summed E-state index contributed by atoms with van der Waals surface area (Å²) < 4.78 is 5.56. The molecule has 2 aromatic carbocycles. The Morgan fingerprint density at radius 3 is 2.18 bits per heavy atom. The molecule has 7 heteroatoms. The highest BCUT2D eigenvalue weighted by Gasteiger charge is 2.37. The average molecular weight is 465 g/mol. The lowest BCUT2D eigenvalue weighted by Crippen LogP contribution is -2.51. The Kier molecular flexibility index (Phi) is 6.91. The number of fused-ring (bicyclic) bond motifs is 3. The van der Waals surface area contributed by atoms with E-state index in [-0.39, 0.29) is 25.0 Å². The first-order valence-electron chi connectivity index (χ1n) is 11.9. The van der Waals surface area contributed by atoms with Gasteiger partial charge < -0.3 is 20.5 Å². The quantitative estimate of drug-likeness (QED) is 0.486. The highest BCUT2D eigenvalue weighted by atomic mass is 16.5. The van der Waals surface area contributed by atoms with Crippen molar-refractivity contribution in [3.05, 3.63) is 59.7 Å². The summed E-state index contributed by atoms with van der Waals surface area (Å²) in [5.41, 5.74) is 3.63. The Balaban J connectivity index is 1.34. The number of carbonyl (C=O) groups excluding carboxylic acids is 2. The first-order valence-corrected chi connectivity index (χ1v) is 11.9. The summed E-state index contributed by atoms with van der Waals surface area (Å²) in [5.74, 6) is -1.07. The van der Waals surface area contributed by atoms with Gasteiger partial charge in [-0.3, -0.25) is 4.79 Å². The summed E-state index contributed by atoms with van der Waals surface area (Å²) in [6.45, 7) is 3.82. The number of aliphatic carboxylic acids is 1. The molecule has 0 heterocycles. The molecule has 0 spiro atoms. The van der Waals surface area contributed by atoms with Crippen LogP contribution < -0.4 is 10.6 Å². The second-order valence-corrected chi connectivity index (χ2v) is 9.64. The van der Waals surface area contributed by atoms with Crippen molar-refractivity contribution in [2.24, 2.45) is 11.3 Å². The maximum Gasteiger partial charge on any atom is 0.407 e. The van der Waals surface area contributed by atoms with Crippen molar-refractivity contribution in [1.82, 2.24) is 10.6 Å². The molecule has 1 saturated carbocycles. The second-order valence-electron chi connectivity index (χ2n) is 9.64. The van der Waals surface area contributed by atoms with E-state index in [0.717, 1.165) is 35.1 Å². The Labute approximate surface area is 199 Å². The van der Waals surface area contributed by atoms with E-state index in [0.29, 0.717) is 18.8 Å². The fraction of sp³-hybridized carbons (Fsp3) is 0.444. The van der Waals surface area contributed by atoms with E-state index in [4.69, 9.17) is 4.74 Å². The van der Waals surface area contributed by atoms with Crippen LogP contribution >= 0.6 is 0 Å². The van der Waals surface area contributed by atoms with Crippen molar-refractivity contribution in [2.45, 2.75) is 51.5 Å². The Bertz CT molecular complexity index is 1030. The van der Waals surface area contributed by atoms with Crippen molar-refractivity contribution in [1.29, 1.82) is 0 Å². The van der Waals surface area contributed by atoms with Gasteiger partial charge in [-0.15, -0.1) is 0 Å². The summed E-state index contributed by atoms with van der Waals surface area (Å²) >= 11 is 0. The predicted molar refractivity (Wildman–Crippen MR) is 128 cm³/mol. The van der Waals surface area contributed by atoms with Crippen LogP contribution in [0.15, 0.2) is 48.5 Å². The number of hydrogen-bond acceptors (Lipinski definition) is 4. The van der Waals surface area contributed by atoms with Gasteiger partial charge in [0.25, 0.3) is 0 Å². The molecule has 2 atom stereocenters. The number of alkyl carbamates (subject to hydrolysis) is 1. The molecule has 2 aromatic rings. The molecule has 0 aromatic heterocycles. The minimum Gasteiger partial charge on any atom is -0.480 e. The van der Waals surface area contributed by atoms with Crippen molar-refractivity contribution in [3.8, 4) is 11.1 Å². The van der Waals surface area contributed by atoms with Gasteiger partial charge in [-0.05, 0) is 47.9 Å². The molecule has 3 N–H and O–H groups in total. The molecule has 2 aliphatic carbocycles. The molecule has 2 amide bonds. The lowest BCUT2D eigenvalue weighted by atomic mass is 9.86. The third kappa shape index (κ3) is 5.08. The van der Waals surface area contributed by atoms with Crippen molar-refractivity contribution in [3.63, 3.8) is 0 Å². The molecule has 180 valence electrons. The SMILES string of the molecule is CCC(C)(CNC(=O)OCC1c2ccccc2-c2ccccc21)C(=O)NC(CC1CC1)C(=O)O. The van der Waals surface area contributed by atoms with Crippen LogP contribution in [0.2, 0.25) is 0 Å². The molecule has 34 heavy (non-hydrogen) atoms. The number of rotatable bonds is 10. The van der Waals surface area contributed by atoms with E-state index in [2.05, 4.69) is 34.9 Å². The van der Waals surface area contributed by atoms with Crippen LogP contribution in [-0.4, -0.2) is 42.3 Å². The third-order valence-electron chi connectivity index (χ3n) is 7.16. The standard InChI is InChI=1S/C27H32N2O5/c1-3-27(2,25(32)29-23(24(30)31)14-17-12-13-17)16-28-26(33)34-15-22-20-10-6-4-8-18(20)19-9-5-7-11-21(19)22/h4-11,17,22-23H,3,12-16H2,1-2H3,(H,28,33)(H,29,32)(H,30,31). The molecule has 2 unspecified atom stereocenters. The lowest BCUT2D eigenvalue weighted by Gasteiger charge is -2.29. The van der Waals surface area contributed by atoms with Gasteiger partial charge in [0.2, 0.25) is 5.91 Å². The fourth-order valence-electron chi connectivity index (χ4n) is 4.52. The molecule has 7 nitrogen and oxygen atoms in total. The Hall–Kier alpha value is -3.35. The number of ether oxygens (including phenoxy) is 1. The van der Waals surface area contributed by atoms with Gasteiger partial charge in [-0.2, -0.15) is 0 Å². The smallest absolute Gasteiger partial charge is 0.407 e. The highest BCUT2D eigenvalue weighted by Crippen LogP contribution is 2.44. The molecule has 4 rings (SSSR count). The van der Waals surface area contributed by atoms with Crippen LogP contribution in [0.5, 0.6) is 0 Å². The fourth-order valence-corrected chi connectivity index (χ4v) is 4.52. The maximum absolute atomic E-state index is 12.9. The van der Waals surface area contributed by atoms with E-state index >= 15 is 0 Å². The van der Waals surface area contributed by atoms with E-state index in [1.54, 1.807) is 6.92 Å². The van der Waals surface area contributed by atoms with Gasteiger partial charge in [0.05, 0.1) is 5.41 Å². The number of carboxylic acid groups (broad SMARTS) is 1. The molecular weight excluding hydrogens is 432 g/mol. The monoisotopic (exact) mass is 464 g/mol.